The van der Waals surface area contributed by atoms with Gasteiger partial charge in [-0.05, 0) is 36.4 Å². The van der Waals surface area contributed by atoms with Crippen molar-refractivity contribution >= 4 is 87.2 Å². The molecule has 0 saturated carbocycles. The molecule has 8 aromatic carbocycles. The zero-order valence-corrected chi connectivity index (χ0v) is 30.6. The highest BCUT2D eigenvalue weighted by molar-refractivity contribution is 6.26. The largest absolute Gasteiger partial charge is 0.306 e. The third-order valence-corrected chi connectivity index (χ3v) is 12.0. The van der Waals surface area contributed by atoms with Gasteiger partial charge in [-0.15, -0.1) is 0 Å². The normalized spacial score (nSPS) is 12.2. The van der Waals surface area contributed by atoms with Crippen LogP contribution < -0.4 is 0 Å². The molecular formula is C52H31N5. The van der Waals surface area contributed by atoms with Crippen LogP contribution in [0.1, 0.15) is 0 Å². The Balaban J connectivity index is 1.29. The van der Waals surface area contributed by atoms with Gasteiger partial charge in [0.15, 0.2) is 0 Å². The van der Waals surface area contributed by atoms with E-state index in [-0.39, 0.29) is 0 Å². The van der Waals surface area contributed by atoms with Crippen LogP contribution in [0.4, 0.5) is 0 Å². The maximum Gasteiger partial charge on any atom is 0.235 e. The lowest BCUT2D eigenvalue weighted by Crippen LogP contribution is -2.04. The second kappa shape index (κ2) is 11.4. The second-order valence-corrected chi connectivity index (χ2v) is 15.0. The number of fused-ring (bicyclic) bond motifs is 13. The van der Waals surface area contributed by atoms with Crippen LogP contribution in [0.15, 0.2) is 188 Å². The summed E-state index contributed by atoms with van der Waals surface area (Å²) in [5.41, 5.74) is 13.0. The van der Waals surface area contributed by atoms with Gasteiger partial charge in [-0.3, -0.25) is 4.57 Å². The smallest absolute Gasteiger partial charge is 0.235 e. The molecule has 5 heteroatoms. The van der Waals surface area contributed by atoms with E-state index in [2.05, 4.69) is 189 Å². The number of hydrogen-bond acceptors (Lipinski definition) is 2. The maximum atomic E-state index is 5.37. The Morgan fingerprint density at radius 3 is 1.21 bits per heavy atom. The van der Waals surface area contributed by atoms with E-state index in [9.17, 15) is 0 Å². The van der Waals surface area contributed by atoms with Crippen molar-refractivity contribution in [3.05, 3.63) is 188 Å². The van der Waals surface area contributed by atoms with Crippen LogP contribution in [0.25, 0.3) is 116 Å². The maximum absolute atomic E-state index is 5.37. The Labute approximate surface area is 325 Å². The van der Waals surface area contributed by atoms with Crippen molar-refractivity contribution in [2.24, 2.45) is 0 Å². The molecule has 5 aromatic heterocycles. The second-order valence-electron chi connectivity index (χ2n) is 15.0. The lowest BCUT2D eigenvalue weighted by Gasteiger charge is -2.13. The van der Waals surface area contributed by atoms with Crippen molar-refractivity contribution in [1.82, 2.24) is 23.3 Å². The third kappa shape index (κ3) is 4.17. The highest BCUT2D eigenvalue weighted by atomic mass is 15.2. The minimum Gasteiger partial charge on any atom is -0.306 e. The fraction of sp³-hybridized carbons (Fsp3) is 0. The van der Waals surface area contributed by atoms with Gasteiger partial charge in [0.2, 0.25) is 5.95 Å². The summed E-state index contributed by atoms with van der Waals surface area (Å²) in [5, 5.41) is 9.70. The Hall–Kier alpha value is -7.76. The van der Waals surface area contributed by atoms with E-state index in [4.69, 9.17) is 9.97 Å². The minimum atomic E-state index is 0.634. The van der Waals surface area contributed by atoms with Gasteiger partial charge < -0.3 is 8.80 Å². The number of hydrogen-bond donors (Lipinski definition) is 0. The molecule has 0 radical (unpaired) electrons. The summed E-state index contributed by atoms with van der Waals surface area (Å²) in [6.45, 7) is 0. The first kappa shape index (κ1) is 30.6. The van der Waals surface area contributed by atoms with Crippen LogP contribution >= 0.6 is 0 Å². The molecule has 0 atom stereocenters. The number of aromatic nitrogens is 5. The summed E-state index contributed by atoms with van der Waals surface area (Å²) in [4.78, 5) is 10.7. The monoisotopic (exact) mass is 725 g/mol. The van der Waals surface area contributed by atoms with Crippen molar-refractivity contribution in [2.75, 3.05) is 0 Å². The van der Waals surface area contributed by atoms with Gasteiger partial charge in [0.25, 0.3) is 0 Å². The lowest BCUT2D eigenvalue weighted by molar-refractivity contribution is 0.996. The predicted octanol–water partition coefficient (Wildman–Crippen LogP) is 13.2. The Morgan fingerprint density at radius 2 is 0.684 bits per heavy atom. The molecule has 0 N–H and O–H groups in total. The van der Waals surface area contributed by atoms with Crippen molar-refractivity contribution < 1.29 is 0 Å². The quantitative estimate of drug-likeness (QED) is 0.182. The van der Waals surface area contributed by atoms with Gasteiger partial charge in [0.1, 0.15) is 0 Å². The Morgan fingerprint density at radius 1 is 0.281 bits per heavy atom. The summed E-state index contributed by atoms with van der Waals surface area (Å²) in [5.74, 6) is 0.634. The molecule has 0 amide bonds. The first-order chi connectivity index (χ1) is 28.3. The van der Waals surface area contributed by atoms with Crippen LogP contribution in [0.5, 0.6) is 0 Å². The SMILES string of the molecule is c1ccc(-c2cc(-c3ccccc3)nc(-n3c4ccccc4c4cc5c(cc43)n3c4ccccc4c4cccc(c6cccc7c8ccccc8n5c76)c43)n2)cc1. The van der Waals surface area contributed by atoms with Gasteiger partial charge in [-0.25, -0.2) is 9.97 Å². The molecule has 0 saturated heterocycles. The van der Waals surface area contributed by atoms with E-state index in [1.165, 1.54) is 54.4 Å². The van der Waals surface area contributed by atoms with E-state index < -0.39 is 0 Å². The number of rotatable bonds is 3. The average molecular weight is 726 g/mol. The highest BCUT2D eigenvalue weighted by Gasteiger charge is 2.22. The first-order valence-electron chi connectivity index (χ1n) is 19.4. The minimum absolute atomic E-state index is 0.634. The van der Waals surface area contributed by atoms with E-state index in [0.29, 0.717) is 5.95 Å². The fourth-order valence-electron chi connectivity index (χ4n) is 9.59. The van der Waals surface area contributed by atoms with E-state index in [1.54, 1.807) is 0 Å². The molecule has 0 bridgehead atoms. The molecule has 5 heterocycles. The molecule has 0 spiro atoms. The van der Waals surface area contributed by atoms with E-state index in [0.717, 1.165) is 55.4 Å². The van der Waals surface area contributed by atoms with E-state index >= 15 is 0 Å². The third-order valence-electron chi connectivity index (χ3n) is 12.0. The zero-order chi connectivity index (χ0) is 37.2. The average Bonchev–Trinajstić information content (AvgIpc) is 3.91. The fourth-order valence-corrected chi connectivity index (χ4v) is 9.59. The Kier molecular flexibility index (Phi) is 6.10. The predicted molar refractivity (Wildman–Crippen MR) is 237 cm³/mol. The van der Waals surface area contributed by atoms with Gasteiger partial charge in [0, 0.05) is 54.2 Å². The van der Waals surface area contributed by atoms with Gasteiger partial charge in [-0.1, -0.05) is 152 Å². The Bertz CT molecular complexity index is 3740. The summed E-state index contributed by atoms with van der Waals surface area (Å²) >= 11 is 0. The zero-order valence-electron chi connectivity index (χ0n) is 30.6. The molecule has 0 unspecified atom stereocenters. The molecule has 5 nitrogen and oxygen atoms in total. The van der Waals surface area contributed by atoms with Crippen LogP contribution in [0.3, 0.4) is 0 Å². The van der Waals surface area contributed by atoms with Crippen molar-refractivity contribution in [3.63, 3.8) is 0 Å². The molecular weight excluding hydrogens is 695 g/mol. The van der Waals surface area contributed by atoms with Gasteiger partial charge in [0.05, 0.1) is 55.5 Å². The topological polar surface area (TPSA) is 39.5 Å². The van der Waals surface area contributed by atoms with Crippen LogP contribution in [0.2, 0.25) is 0 Å². The van der Waals surface area contributed by atoms with Crippen molar-refractivity contribution in [2.45, 2.75) is 0 Å². The number of nitrogens with zero attached hydrogens (tertiary/aromatic N) is 5. The van der Waals surface area contributed by atoms with Crippen molar-refractivity contribution in [1.29, 1.82) is 0 Å². The summed E-state index contributed by atoms with van der Waals surface area (Å²) in [6, 6.07) is 67.7. The van der Waals surface area contributed by atoms with Gasteiger partial charge in [-0.2, -0.15) is 0 Å². The van der Waals surface area contributed by atoms with Crippen LogP contribution in [-0.4, -0.2) is 23.3 Å². The molecule has 0 aliphatic carbocycles. The van der Waals surface area contributed by atoms with Crippen LogP contribution in [-0.2, 0) is 0 Å². The van der Waals surface area contributed by atoms with Crippen LogP contribution in [0, 0.1) is 0 Å². The molecule has 0 aliphatic rings. The van der Waals surface area contributed by atoms with Crippen molar-refractivity contribution in [3.8, 4) is 28.5 Å². The number of benzene rings is 8. The summed E-state index contributed by atoms with van der Waals surface area (Å²) in [6.07, 6.45) is 0. The molecule has 0 aliphatic heterocycles. The summed E-state index contributed by atoms with van der Waals surface area (Å²) in [7, 11) is 0. The standard InChI is InChI=1S/C52H31N5/c1-3-15-32(16-4-1)42-30-43(33-17-5-2-6-18-33)54-52(53-42)57-46-28-12-9-21-36(46)41-29-48-49(31-47(41)57)56-45-27-11-8-20-35(45)38-23-14-25-40(51(38)56)39-24-13-22-37-34-19-7-10-26-44(34)55(48)50(37)39/h1-31H. The highest BCUT2D eigenvalue weighted by Crippen LogP contribution is 2.43. The number of para-hydroxylation sites is 5. The lowest BCUT2D eigenvalue weighted by atomic mass is 10.0. The van der Waals surface area contributed by atoms with Gasteiger partial charge >= 0.3 is 0 Å². The molecule has 264 valence electrons. The molecule has 13 rings (SSSR count). The molecule has 13 aromatic rings. The first-order valence-corrected chi connectivity index (χ1v) is 19.4. The van der Waals surface area contributed by atoms with E-state index in [1.807, 2.05) is 12.1 Å². The summed E-state index contributed by atoms with van der Waals surface area (Å²) < 4.78 is 7.29. The molecule has 0 fully saturated rings. The molecule has 57 heavy (non-hydrogen) atoms.